The van der Waals surface area contributed by atoms with E-state index in [0.717, 1.165) is 42.4 Å². The quantitative estimate of drug-likeness (QED) is 0.670. The maximum absolute atomic E-state index is 11.1. The second-order valence-electron chi connectivity index (χ2n) is 5.31. The summed E-state index contributed by atoms with van der Waals surface area (Å²) in [7, 11) is 0. The van der Waals surface area contributed by atoms with E-state index in [4.69, 9.17) is 4.74 Å². The van der Waals surface area contributed by atoms with E-state index >= 15 is 0 Å². The highest BCUT2D eigenvalue weighted by Crippen LogP contribution is 2.19. The molecule has 0 aliphatic heterocycles. The van der Waals surface area contributed by atoms with E-state index in [0.29, 0.717) is 6.61 Å². The minimum Gasteiger partial charge on any atom is -0.489 e. The van der Waals surface area contributed by atoms with Gasteiger partial charge >= 0.3 is 0 Å². The van der Waals surface area contributed by atoms with Gasteiger partial charge in [0.2, 0.25) is 0 Å². The van der Waals surface area contributed by atoms with Crippen molar-refractivity contribution in [3.63, 3.8) is 0 Å². The maximum atomic E-state index is 11.1. The summed E-state index contributed by atoms with van der Waals surface area (Å²) in [4.78, 5) is 11.1. The van der Waals surface area contributed by atoms with Crippen LogP contribution < -0.4 is 4.74 Å². The van der Waals surface area contributed by atoms with Crippen molar-refractivity contribution >= 4 is 6.29 Å². The summed E-state index contributed by atoms with van der Waals surface area (Å²) in [5.74, 6) is 0.969. The van der Waals surface area contributed by atoms with Gasteiger partial charge in [-0.1, -0.05) is 55.8 Å². The molecule has 21 heavy (non-hydrogen) atoms. The normalized spacial score (nSPS) is 11.9. The molecule has 0 amide bonds. The summed E-state index contributed by atoms with van der Waals surface area (Å²) in [6, 6.07) is 18.2. The molecule has 0 bridgehead atoms. The van der Waals surface area contributed by atoms with Gasteiger partial charge in [0.15, 0.2) is 0 Å². The summed E-state index contributed by atoms with van der Waals surface area (Å²) in [6.07, 6.45) is 3.84. The summed E-state index contributed by atoms with van der Waals surface area (Å²) in [5.41, 5.74) is 2.31. The Labute approximate surface area is 126 Å². The molecule has 2 heteroatoms. The van der Waals surface area contributed by atoms with E-state index < -0.39 is 0 Å². The van der Waals surface area contributed by atoms with Crippen LogP contribution >= 0.6 is 0 Å². The third-order valence-corrected chi connectivity index (χ3v) is 3.50. The molecule has 0 radical (unpaired) electrons. The third-order valence-electron chi connectivity index (χ3n) is 3.50. The van der Waals surface area contributed by atoms with Crippen LogP contribution in [0.15, 0.2) is 54.6 Å². The van der Waals surface area contributed by atoms with Gasteiger partial charge in [0.1, 0.15) is 18.6 Å². The molecule has 0 spiro atoms. The Kier molecular flexibility index (Phi) is 6.01. The molecule has 2 aromatic carbocycles. The fraction of sp³-hybridized carbons (Fsp3) is 0.316. The molecule has 110 valence electrons. The Hall–Kier alpha value is -2.09. The van der Waals surface area contributed by atoms with Crippen LogP contribution in [0.4, 0.5) is 0 Å². The molecule has 0 aliphatic rings. The van der Waals surface area contributed by atoms with Crippen LogP contribution in [-0.2, 0) is 17.8 Å². The molecule has 1 atom stereocenters. The minimum atomic E-state index is 0.111. The molecule has 2 nitrogen and oxygen atoms in total. The summed E-state index contributed by atoms with van der Waals surface area (Å²) >= 11 is 0. The smallest absolute Gasteiger partial charge is 0.123 e. The minimum absolute atomic E-state index is 0.111. The standard InChI is InChI=1S/C19H22O2/c1-2-7-18(14-20)12-17-10-6-11-19(13-17)21-15-16-8-4-3-5-9-16/h3-6,8-11,13-14,18H,2,7,12,15H2,1H3/t18-/m0/s1. The first-order valence-corrected chi connectivity index (χ1v) is 7.52. The summed E-state index contributed by atoms with van der Waals surface area (Å²) in [5, 5.41) is 0. The number of rotatable bonds is 8. The second-order valence-corrected chi connectivity index (χ2v) is 5.31. The van der Waals surface area contributed by atoms with Crippen molar-refractivity contribution < 1.29 is 9.53 Å². The van der Waals surface area contributed by atoms with Crippen LogP contribution in [0, 0.1) is 5.92 Å². The zero-order valence-corrected chi connectivity index (χ0v) is 12.5. The van der Waals surface area contributed by atoms with E-state index in [1.165, 1.54) is 0 Å². The third kappa shape index (κ3) is 5.07. The van der Waals surface area contributed by atoms with E-state index in [1.807, 2.05) is 48.5 Å². The summed E-state index contributed by atoms with van der Waals surface area (Å²) in [6.45, 7) is 2.67. The van der Waals surface area contributed by atoms with Crippen LogP contribution in [0.5, 0.6) is 5.75 Å². The number of ether oxygens (including phenoxy) is 1. The highest BCUT2D eigenvalue weighted by atomic mass is 16.5. The Balaban J connectivity index is 1.95. The molecule has 2 rings (SSSR count). The van der Waals surface area contributed by atoms with E-state index in [1.54, 1.807) is 0 Å². The Morgan fingerprint density at radius 1 is 1.05 bits per heavy atom. The summed E-state index contributed by atoms with van der Waals surface area (Å²) < 4.78 is 5.82. The molecule has 0 fully saturated rings. The van der Waals surface area contributed by atoms with Crippen molar-refractivity contribution in [2.75, 3.05) is 0 Å². The van der Waals surface area contributed by atoms with E-state index in [2.05, 4.69) is 13.0 Å². The first-order chi connectivity index (χ1) is 10.3. The topological polar surface area (TPSA) is 26.3 Å². The fourth-order valence-corrected chi connectivity index (χ4v) is 2.39. The van der Waals surface area contributed by atoms with Crippen molar-refractivity contribution in [3.8, 4) is 5.75 Å². The van der Waals surface area contributed by atoms with Crippen LogP contribution in [0.3, 0.4) is 0 Å². The Morgan fingerprint density at radius 3 is 2.52 bits per heavy atom. The van der Waals surface area contributed by atoms with Gasteiger partial charge in [-0.05, 0) is 36.1 Å². The number of hydrogen-bond acceptors (Lipinski definition) is 2. The molecule has 2 aromatic rings. The van der Waals surface area contributed by atoms with Gasteiger partial charge in [-0.2, -0.15) is 0 Å². The largest absolute Gasteiger partial charge is 0.489 e. The van der Waals surface area contributed by atoms with Crippen molar-refractivity contribution in [2.24, 2.45) is 5.92 Å². The maximum Gasteiger partial charge on any atom is 0.123 e. The van der Waals surface area contributed by atoms with Crippen molar-refractivity contribution in [1.82, 2.24) is 0 Å². The lowest BCUT2D eigenvalue weighted by atomic mass is 9.96. The fourth-order valence-electron chi connectivity index (χ4n) is 2.39. The molecule has 0 aromatic heterocycles. The zero-order chi connectivity index (χ0) is 14.9. The van der Waals surface area contributed by atoms with Gasteiger partial charge in [0.05, 0.1) is 0 Å². The second kappa shape index (κ2) is 8.25. The van der Waals surface area contributed by atoms with Gasteiger partial charge in [0.25, 0.3) is 0 Å². The van der Waals surface area contributed by atoms with Gasteiger partial charge in [-0.15, -0.1) is 0 Å². The predicted octanol–water partition coefficient (Wildman–Crippen LogP) is 4.42. The lowest BCUT2D eigenvalue weighted by molar-refractivity contribution is -0.111. The van der Waals surface area contributed by atoms with Gasteiger partial charge < -0.3 is 9.53 Å². The van der Waals surface area contributed by atoms with Crippen molar-refractivity contribution in [2.45, 2.75) is 32.8 Å². The van der Waals surface area contributed by atoms with Crippen LogP contribution in [-0.4, -0.2) is 6.29 Å². The average molecular weight is 282 g/mol. The predicted molar refractivity (Wildman–Crippen MR) is 85.4 cm³/mol. The highest BCUT2D eigenvalue weighted by molar-refractivity contribution is 5.54. The van der Waals surface area contributed by atoms with Crippen molar-refractivity contribution in [1.29, 1.82) is 0 Å². The number of aldehydes is 1. The molecule has 0 unspecified atom stereocenters. The molecular weight excluding hydrogens is 260 g/mol. The van der Waals surface area contributed by atoms with E-state index in [-0.39, 0.29) is 5.92 Å². The van der Waals surface area contributed by atoms with Gasteiger partial charge in [-0.25, -0.2) is 0 Å². The first kappa shape index (κ1) is 15.3. The van der Waals surface area contributed by atoms with Crippen LogP contribution in [0.25, 0.3) is 0 Å². The molecule has 0 N–H and O–H groups in total. The van der Waals surface area contributed by atoms with Gasteiger partial charge in [-0.3, -0.25) is 0 Å². The van der Waals surface area contributed by atoms with Gasteiger partial charge in [0, 0.05) is 5.92 Å². The molecule has 0 aliphatic carbocycles. The molecule has 0 saturated heterocycles. The SMILES string of the molecule is CCC[C@H](C=O)Cc1cccc(OCc2ccccc2)c1. The molecule has 0 heterocycles. The number of carbonyl (C=O) groups excluding carboxylic acids is 1. The number of hydrogen-bond donors (Lipinski definition) is 0. The molecule has 0 saturated carbocycles. The Bertz CT molecular complexity index is 549. The number of carbonyl (C=O) groups is 1. The average Bonchev–Trinajstić information content (AvgIpc) is 2.54. The lowest BCUT2D eigenvalue weighted by Gasteiger charge is -2.11. The van der Waals surface area contributed by atoms with E-state index in [9.17, 15) is 4.79 Å². The van der Waals surface area contributed by atoms with Crippen molar-refractivity contribution in [3.05, 3.63) is 65.7 Å². The molecular formula is C19H22O2. The van der Waals surface area contributed by atoms with Crippen LogP contribution in [0.2, 0.25) is 0 Å². The highest BCUT2D eigenvalue weighted by Gasteiger charge is 2.08. The lowest BCUT2D eigenvalue weighted by Crippen LogP contribution is -2.06. The van der Waals surface area contributed by atoms with Crippen LogP contribution in [0.1, 0.15) is 30.9 Å². The Morgan fingerprint density at radius 2 is 1.81 bits per heavy atom. The monoisotopic (exact) mass is 282 g/mol. The first-order valence-electron chi connectivity index (χ1n) is 7.52. The number of benzene rings is 2. The zero-order valence-electron chi connectivity index (χ0n) is 12.5.